The smallest absolute Gasteiger partial charge is 0.340 e. The maximum absolute atomic E-state index is 11.8. The topological polar surface area (TPSA) is 94.7 Å². The lowest BCUT2D eigenvalue weighted by Crippen LogP contribution is -2.09. The van der Waals surface area contributed by atoms with E-state index in [1.165, 1.54) is 12.3 Å². The van der Waals surface area contributed by atoms with Gasteiger partial charge in [-0.05, 0) is 30.7 Å². The third kappa shape index (κ3) is 3.49. The quantitative estimate of drug-likeness (QED) is 0.818. The Morgan fingerprint density at radius 1 is 1.38 bits per heavy atom. The fourth-order valence-electron chi connectivity index (χ4n) is 1.74. The van der Waals surface area contributed by atoms with Gasteiger partial charge in [-0.3, -0.25) is 0 Å². The van der Waals surface area contributed by atoms with E-state index in [0.29, 0.717) is 11.3 Å². The minimum absolute atomic E-state index is 0.0943. The Labute approximate surface area is 122 Å². The average molecular weight is 288 g/mol. The number of aromatic nitrogens is 1. The summed E-state index contributed by atoms with van der Waals surface area (Å²) in [6.07, 6.45) is 1.42. The van der Waals surface area contributed by atoms with Gasteiger partial charge in [0.25, 0.3) is 0 Å². The van der Waals surface area contributed by atoms with Gasteiger partial charge in [-0.25, -0.2) is 9.78 Å². The van der Waals surface area contributed by atoms with Crippen molar-refractivity contribution in [1.82, 2.24) is 4.98 Å². The molecule has 110 valence electrons. The van der Waals surface area contributed by atoms with Crippen molar-refractivity contribution in [3.63, 3.8) is 0 Å². The van der Waals surface area contributed by atoms with Gasteiger partial charge in [-0.2, -0.15) is 0 Å². The molecule has 0 fully saturated rings. The minimum atomic E-state index is -0.522. The van der Waals surface area contributed by atoms with Crippen LogP contribution in [0.1, 0.15) is 22.8 Å². The van der Waals surface area contributed by atoms with Crippen LogP contribution in [0.3, 0.4) is 0 Å². The average Bonchev–Trinajstić information content (AvgIpc) is 2.50. The monoisotopic (exact) mass is 288 g/mol. The Morgan fingerprint density at radius 2 is 2.19 bits per heavy atom. The van der Waals surface area contributed by atoms with Gasteiger partial charge in [-0.15, -0.1) is 0 Å². The fraction of sp³-hybridized carbons (Fsp3) is 0.200. The zero-order valence-electron chi connectivity index (χ0n) is 11.6. The van der Waals surface area contributed by atoms with Crippen LogP contribution in [0.4, 0.5) is 5.69 Å². The SMILES string of the molecule is CCOC(=O)c1ccnc(Oc2cccc(CO)c2)c1N. The van der Waals surface area contributed by atoms with Gasteiger partial charge in [-0.1, -0.05) is 12.1 Å². The number of carbonyl (C=O) groups excluding carboxylic acids is 1. The third-order valence-electron chi connectivity index (χ3n) is 2.74. The van der Waals surface area contributed by atoms with Gasteiger partial charge in [0.15, 0.2) is 0 Å². The van der Waals surface area contributed by atoms with E-state index in [9.17, 15) is 4.79 Å². The summed E-state index contributed by atoms with van der Waals surface area (Å²) in [5.74, 6) is 0.0729. The van der Waals surface area contributed by atoms with Gasteiger partial charge in [0, 0.05) is 6.20 Å². The summed E-state index contributed by atoms with van der Waals surface area (Å²) in [6.45, 7) is 1.88. The molecule has 6 heteroatoms. The summed E-state index contributed by atoms with van der Waals surface area (Å²) in [7, 11) is 0. The molecule has 0 bridgehead atoms. The lowest BCUT2D eigenvalue weighted by molar-refractivity contribution is 0.0527. The number of nitrogens with two attached hydrogens (primary N) is 1. The number of rotatable bonds is 5. The molecule has 3 N–H and O–H groups in total. The number of hydrogen-bond donors (Lipinski definition) is 2. The molecule has 0 aliphatic carbocycles. The predicted octanol–water partition coefficient (Wildman–Crippen LogP) is 2.13. The molecule has 0 aliphatic heterocycles. The van der Waals surface area contributed by atoms with Crippen LogP contribution in [0.25, 0.3) is 0 Å². The number of pyridine rings is 1. The molecule has 0 atom stereocenters. The lowest BCUT2D eigenvalue weighted by Gasteiger charge is -2.10. The molecule has 21 heavy (non-hydrogen) atoms. The number of carbonyl (C=O) groups is 1. The number of aliphatic hydroxyl groups excluding tert-OH is 1. The van der Waals surface area contributed by atoms with E-state index in [1.807, 2.05) is 0 Å². The van der Waals surface area contributed by atoms with E-state index in [0.717, 1.165) is 0 Å². The maximum Gasteiger partial charge on any atom is 0.340 e. The molecule has 0 amide bonds. The lowest BCUT2D eigenvalue weighted by atomic mass is 10.2. The summed E-state index contributed by atoms with van der Waals surface area (Å²) < 4.78 is 10.5. The first-order chi connectivity index (χ1) is 10.2. The molecule has 6 nitrogen and oxygen atoms in total. The molecule has 1 aromatic carbocycles. The number of nitrogen functional groups attached to an aromatic ring is 1. The largest absolute Gasteiger partial charge is 0.462 e. The van der Waals surface area contributed by atoms with Crippen molar-refractivity contribution in [3.05, 3.63) is 47.7 Å². The number of benzene rings is 1. The highest BCUT2D eigenvalue weighted by atomic mass is 16.5. The molecular formula is C15H16N2O4. The van der Waals surface area contributed by atoms with E-state index in [4.69, 9.17) is 20.3 Å². The van der Waals surface area contributed by atoms with Crippen molar-refractivity contribution in [3.8, 4) is 11.6 Å². The van der Waals surface area contributed by atoms with Crippen LogP contribution in [-0.4, -0.2) is 22.7 Å². The van der Waals surface area contributed by atoms with Gasteiger partial charge < -0.3 is 20.3 Å². The van der Waals surface area contributed by atoms with Crippen molar-refractivity contribution >= 4 is 11.7 Å². The minimum Gasteiger partial charge on any atom is -0.462 e. The highest BCUT2D eigenvalue weighted by Crippen LogP contribution is 2.28. The van der Waals surface area contributed by atoms with Crippen molar-refractivity contribution < 1.29 is 19.4 Å². The predicted molar refractivity (Wildman–Crippen MR) is 77.0 cm³/mol. The molecule has 2 rings (SSSR count). The fourth-order valence-corrected chi connectivity index (χ4v) is 1.74. The zero-order chi connectivity index (χ0) is 15.2. The Kier molecular flexibility index (Phi) is 4.73. The first-order valence-electron chi connectivity index (χ1n) is 6.45. The summed E-state index contributed by atoms with van der Waals surface area (Å²) in [6, 6.07) is 8.35. The second-order valence-electron chi connectivity index (χ2n) is 4.21. The first kappa shape index (κ1) is 14.8. The van der Waals surface area contributed by atoms with Crippen LogP contribution < -0.4 is 10.5 Å². The number of anilines is 1. The Morgan fingerprint density at radius 3 is 2.90 bits per heavy atom. The standard InChI is InChI=1S/C15H16N2O4/c1-2-20-15(19)12-6-7-17-14(13(12)16)21-11-5-3-4-10(8-11)9-18/h3-8,18H,2,9,16H2,1H3. The molecule has 1 heterocycles. The molecule has 2 aromatic rings. The third-order valence-corrected chi connectivity index (χ3v) is 2.74. The first-order valence-corrected chi connectivity index (χ1v) is 6.45. The molecule has 0 aliphatic rings. The molecule has 0 radical (unpaired) electrons. The molecule has 0 spiro atoms. The zero-order valence-corrected chi connectivity index (χ0v) is 11.6. The van der Waals surface area contributed by atoms with Crippen LogP contribution in [-0.2, 0) is 11.3 Å². The number of esters is 1. The Balaban J connectivity index is 2.28. The van der Waals surface area contributed by atoms with Crippen molar-refractivity contribution in [2.45, 2.75) is 13.5 Å². The highest BCUT2D eigenvalue weighted by molar-refractivity contribution is 5.96. The van der Waals surface area contributed by atoms with Crippen LogP contribution in [0.5, 0.6) is 11.6 Å². The summed E-state index contributed by atoms with van der Waals surface area (Å²) in [4.78, 5) is 15.8. The molecule has 1 aromatic heterocycles. The number of ether oxygens (including phenoxy) is 2. The van der Waals surface area contributed by atoms with Crippen LogP contribution in [0.2, 0.25) is 0 Å². The number of aliphatic hydroxyl groups is 1. The molecule has 0 saturated heterocycles. The summed E-state index contributed by atoms with van der Waals surface area (Å²) >= 11 is 0. The number of hydrogen-bond acceptors (Lipinski definition) is 6. The van der Waals surface area contributed by atoms with Gasteiger partial charge in [0.05, 0.1) is 18.8 Å². The summed E-state index contributed by atoms with van der Waals surface area (Å²) in [5, 5.41) is 9.10. The summed E-state index contributed by atoms with van der Waals surface area (Å²) in [5.41, 5.74) is 6.92. The van der Waals surface area contributed by atoms with Gasteiger partial charge in [0.1, 0.15) is 11.4 Å². The van der Waals surface area contributed by atoms with Crippen LogP contribution >= 0.6 is 0 Å². The normalized spacial score (nSPS) is 10.2. The molecule has 0 saturated carbocycles. The second kappa shape index (κ2) is 6.71. The van der Waals surface area contributed by atoms with Gasteiger partial charge >= 0.3 is 5.97 Å². The van der Waals surface area contributed by atoms with Crippen molar-refractivity contribution in [2.24, 2.45) is 0 Å². The Hall–Kier alpha value is -2.60. The van der Waals surface area contributed by atoms with E-state index in [1.54, 1.807) is 31.2 Å². The van der Waals surface area contributed by atoms with E-state index in [2.05, 4.69) is 4.98 Å². The molecular weight excluding hydrogens is 272 g/mol. The van der Waals surface area contributed by atoms with Crippen molar-refractivity contribution in [1.29, 1.82) is 0 Å². The van der Waals surface area contributed by atoms with Crippen LogP contribution in [0.15, 0.2) is 36.5 Å². The van der Waals surface area contributed by atoms with Crippen LogP contribution in [0, 0.1) is 0 Å². The highest BCUT2D eigenvalue weighted by Gasteiger charge is 2.16. The molecule has 0 unspecified atom stereocenters. The van der Waals surface area contributed by atoms with E-state index >= 15 is 0 Å². The van der Waals surface area contributed by atoms with E-state index < -0.39 is 5.97 Å². The second-order valence-corrected chi connectivity index (χ2v) is 4.21. The Bertz CT molecular complexity index is 643. The maximum atomic E-state index is 11.8. The van der Waals surface area contributed by atoms with Gasteiger partial charge in [0.2, 0.25) is 5.88 Å². The number of nitrogens with zero attached hydrogens (tertiary/aromatic N) is 1. The van der Waals surface area contributed by atoms with Crippen molar-refractivity contribution in [2.75, 3.05) is 12.3 Å². The van der Waals surface area contributed by atoms with E-state index in [-0.39, 0.29) is 30.3 Å².